The molecule has 2 rings (SSSR count). The molecule has 1 atom stereocenters. The average Bonchev–Trinajstić information content (AvgIpc) is 2.40. The summed E-state index contributed by atoms with van der Waals surface area (Å²) >= 11 is 0. The van der Waals surface area contributed by atoms with Crippen LogP contribution in [0.5, 0.6) is 0 Å². The molecule has 1 aliphatic rings. The lowest BCUT2D eigenvalue weighted by molar-refractivity contribution is -0.00593. The summed E-state index contributed by atoms with van der Waals surface area (Å²) in [7, 11) is 1.80. The molecule has 3 nitrogen and oxygen atoms in total. The molecule has 5 heteroatoms. The van der Waals surface area contributed by atoms with E-state index in [-0.39, 0.29) is 6.04 Å². The van der Waals surface area contributed by atoms with Crippen molar-refractivity contribution in [3.63, 3.8) is 0 Å². The number of aliphatic hydroxyl groups is 1. The number of nitrogens with zero attached hydrogens (tertiary/aromatic N) is 1. The molecule has 1 saturated heterocycles. The predicted molar refractivity (Wildman–Crippen MR) is 79.1 cm³/mol. The van der Waals surface area contributed by atoms with Gasteiger partial charge < -0.3 is 15.3 Å². The van der Waals surface area contributed by atoms with Crippen molar-refractivity contribution >= 4 is 0 Å². The van der Waals surface area contributed by atoms with Crippen LogP contribution in [0.4, 0.5) is 8.78 Å². The smallest absolute Gasteiger partial charge is 0.126 e. The SMILES string of the molecule is CNC(CCN1CCC(C)(O)CC1)c1cc(F)cc(F)c1. The Kier molecular flexibility index (Phi) is 5.30. The fraction of sp³-hybridized carbons (Fsp3) is 0.625. The summed E-state index contributed by atoms with van der Waals surface area (Å²) in [5, 5.41) is 13.1. The number of likely N-dealkylation sites (tertiary alicyclic amines) is 1. The molecule has 0 amide bonds. The van der Waals surface area contributed by atoms with Crippen LogP contribution in [0.2, 0.25) is 0 Å². The van der Waals surface area contributed by atoms with Crippen LogP contribution in [-0.2, 0) is 0 Å². The lowest BCUT2D eigenvalue weighted by Crippen LogP contribution is -2.43. The lowest BCUT2D eigenvalue weighted by Gasteiger charge is -2.36. The molecule has 0 spiro atoms. The van der Waals surface area contributed by atoms with Crippen molar-refractivity contribution in [2.45, 2.75) is 37.8 Å². The van der Waals surface area contributed by atoms with Gasteiger partial charge in [0, 0.05) is 25.2 Å². The molecule has 0 aromatic heterocycles. The van der Waals surface area contributed by atoms with Gasteiger partial charge in [0.15, 0.2) is 0 Å². The quantitative estimate of drug-likeness (QED) is 0.876. The van der Waals surface area contributed by atoms with E-state index < -0.39 is 17.2 Å². The third kappa shape index (κ3) is 4.73. The van der Waals surface area contributed by atoms with Crippen LogP contribution in [0.3, 0.4) is 0 Å². The molecule has 1 aromatic rings. The van der Waals surface area contributed by atoms with Gasteiger partial charge in [0.1, 0.15) is 11.6 Å². The van der Waals surface area contributed by atoms with Crippen LogP contribution >= 0.6 is 0 Å². The molecule has 0 radical (unpaired) electrons. The molecule has 2 N–H and O–H groups in total. The van der Waals surface area contributed by atoms with E-state index in [0.717, 1.165) is 45.0 Å². The van der Waals surface area contributed by atoms with Crippen molar-refractivity contribution in [1.29, 1.82) is 0 Å². The van der Waals surface area contributed by atoms with Gasteiger partial charge in [-0.3, -0.25) is 0 Å². The highest BCUT2D eigenvalue weighted by Crippen LogP contribution is 2.23. The highest BCUT2D eigenvalue weighted by atomic mass is 19.1. The number of hydrogen-bond acceptors (Lipinski definition) is 3. The summed E-state index contributed by atoms with van der Waals surface area (Å²) < 4.78 is 26.6. The van der Waals surface area contributed by atoms with Crippen LogP contribution in [0.25, 0.3) is 0 Å². The van der Waals surface area contributed by atoms with Gasteiger partial charge in [-0.25, -0.2) is 8.78 Å². The average molecular weight is 298 g/mol. The van der Waals surface area contributed by atoms with Crippen LogP contribution in [0.1, 0.15) is 37.8 Å². The van der Waals surface area contributed by atoms with E-state index in [1.165, 1.54) is 12.1 Å². The second kappa shape index (κ2) is 6.81. The Labute approximate surface area is 125 Å². The van der Waals surface area contributed by atoms with Gasteiger partial charge in [0.05, 0.1) is 5.60 Å². The molecule has 1 heterocycles. The van der Waals surface area contributed by atoms with Crippen molar-refractivity contribution in [2.24, 2.45) is 0 Å². The number of piperidine rings is 1. The maximum Gasteiger partial charge on any atom is 0.126 e. The first-order valence-electron chi connectivity index (χ1n) is 7.48. The van der Waals surface area contributed by atoms with Gasteiger partial charge in [-0.15, -0.1) is 0 Å². The lowest BCUT2D eigenvalue weighted by atomic mass is 9.93. The second-order valence-electron chi connectivity index (χ2n) is 6.17. The number of halogens is 2. The molecular weight excluding hydrogens is 274 g/mol. The third-order valence-electron chi connectivity index (χ3n) is 4.30. The van der Waals surface area contributed by atoms with Crippen molar-refractivity contribution in [3.8, 4) is 0 Å². The number of rotatable bonds is 5. The van der Waals surface area contributed by atoms with Crippen molar-refractivity contribution in [2.75, 3.05) is 26.7 Å². The highest BCUT2D eigenvalue weighted by molar-refractivity contribution is 5.21. The van der Waals surface area contributed by atoms with E-state index >= 15 is 0 Å². The zero-order valence-corrected chi connectivity index (χ0v) is 12.7. The standard InChI is InChI=1S/C16H24F2N2O/c1-16(21)4-7-20(8-5-16)6-3-15(19-2)12-9-13(17)11-14(18)10-12/h9-11,15,19,21H,3-8H2,1-2H3. The van der Waals surface area contributed by atoms with Crippen molar-refractivity contribution in [1.82, 2.24) is 10.2 Å². The zero-order valence-electron chi connectivity index (χ0n) is 12.7. The fourth-order valence-electron chi connectivity index (χ4n) is 2.82. The van der Waals surface area contributed by atoms with E-state index in [0.29, 0.717) is 5.56 Å². The van der Waals surface area contributed by atoms with Gasteiger partial charge >= 0.3 is 0 Å². The molecule has 1 unspecified atom stereocenters. The molecule has 1 aliphatic heterocycles. The Hall–Kier alpha value is -1.04. The minimum atomic E-state index is -0.551. The predicted octanol–water partition coefficient (Wildman–Crippen LogP) is 2.46. The highest BCUT2D eigenvalue weighted by Gasteiger charge is 2.27. The van der Waals surface area contributed by atoms with Gasteiger partial charge in [-0.2, -0.15) is 0 Å². The van der Waals surface area contributed by atoms with E-state index in [1.807, 2.05) is 6.92 Å². The summed E-state index contributed by atoms with van der Waals surface area (Å²) in [4.78, 5) is 2.29. The summed E-state index contributed by atoms with van der Waals surface area (Å²) in [5.41, 5.74) is 0.0870. The van der Waals surface area contributed by atoms with Gasteiger partial charge in [0.25, 0.3) is 0 Å². The van der Waals surface area contributed by atoms with E-state index in [9.17, 15) is 13.9 Å². The molecule has 0 bridgehead atoms. The van der Waals surface area contributed by atoms with Crippen molar-refractivity contribution < 1.29 is 13.9 Å². The van der Waals surface area contributed by atoms with Crippen LogP contribution in [0, 0.1) is 11.6 Å². The molecule has 0 aliphatic carbocycles. The Morgan fingerprint density at radius 2 is 1.81 bits per heavy atom. The Balaban J connectivity index is 1.91. The second-order valence-corrected chi connectivity index (χ2v) is 6.17. The van der Waals surface area contributed by atoms with Crippen LogP contribution < -0.4 is 5.32 Å². The number of nitrogens with one attached hydrogen (secondary N) is 1. The first-order chi connectivity index (χ1) is 9.89. The van der Waals surface area contributed by atoms with E-state index in [1.54, 1.807) is 7.05 Å². The fourth-order valence-corrected chi connectivity index (χ4v) is 2.82. The normalized spacial score (nSPS) is 20.4. The van der Waals surface area contributed by atoms with E-state index in [4.69, 9.17) is 0 Å². The first kappa shape index (κ1) is 16.3. The van der Waals surface area contributed by atoms with Gasteiger partial charge in [-0.1, -0.05) is 0 Å². The van der Waals surface area contributed by atoms with Gasteiger partial charge in [-0.05, 0) is 57.5 Å². The monoisotopic (exact) mass is 298 g/mol. The molecule has 1 fully saturated rings. The topological polar surface area (TPSA) is 35.5 Å². The maximum absolute atomic E-state index is 13.3. The number of benzene rings is 1. The summed E-state index contributed by atoms with van der Waals surface area (Å²) in [5.74, 6) is -1.08. The summed E-state index contributed by atoms with van der Waals surface area (Å²) in [6.45, 7) is 4.44. The van der Waals surface area contributed by atoms with Crippen LogP contribution in [-0.4, -0.2) is 42.3 Å². The summed E-state index contributed by atoms with van der Waals surface area (Å²) in [6.07, 6.45) is 2.32. The molecule has 21 heavy (non-hydrogen) atoms. The first-order valence-corrected chi connectivity index (χ1v) is 7.48. The molecule has 0 saturated carbocycles. The Bertz CT molecular complexity index is 449. The molecule has 1 aromatic carbocycles. The van der Waals surface area contributed by atoms with E-state index in [2.05, 4.69) is 10.2 Å². The zero-order chi connectivity index (χ0) is 15.5. The van der Waals surface area contributed by atoms with Crippen LogP contribution in [0.15, 0.2) is 18.2 Å². The molecule has 118 valence electrons. The number of hydrogen-bond donors (Lipinski definition) is 2. The minimum absolute atomic E-state index is 0.0716. The molecular formula is C16H24F2N2O. The third-order valence-corrected chi connectivity index (χ3v) is 4.30. The summed E-state index contributed by atoms with van der Waals surface area (Å²) in [6, 6.07) is 3.58. The van der Waals surface area contributed by atoms with Gasteiger partial charge in [0.2, 0.25) is 0 Å². The minimum Gasteiger partial charge on any atom is -0.390 e. The van der Waals surface area contributed by atoms with Crippen molar-refractivity contribution in [3.05, 3.63) is 35.4 Å². The Morgan fingerprint density at radius 1 is 1.24 bits per heavy atom. The maximum atomic E-state index is 13.3. The Morgan fingerprint density at radius 3 is 2.33 bits per heavy atom. The largest absolute Gasteiger partial charge is 0.390 e.